The molecule has 0 N–H and O–H groups in total. The fourth-order valence-corrected chi connectivity index (χ4v) is 9.30. The molecule has 0 heteroatoms. The monoisotopic (exact) mass is 1150 g/mol. The lowest BCUT2D eigenvalue weighted by Crippen LogP contribution is -2.11. The molecular weight excluding hydrogens is 1060 g/mol. The average molecular weight is 1150 g/mol. The van der Waals surface area contributed by atoms with Gasteiger partial charge in [-0.2, -0.15) is 0 Å². The van der Waals surface area contributed by atoms with Crippen molar-refractivity contribution in [2.45, 2.75) is 166 Å². The van der Waals surface area contributed by atoms with Crippen molar-refractivity contribution >= 4 is 43.1 Å². The molecule has 0 amide bonds. The van der Waals surface area contributed by atoms with Crippen LogP contribution in [0.4, 0.5) is 0 Å². The summed E-state index contributed by atoms with van der Waals surface area (Å²) in [5.41, 5.74) is 22.5. The van der Waals surface area contributed by atoms with Crippen LogP contribution in [0.1, 0.15) is 188 Å². The highest BCUT2D eigenvalue weighted by atomic mass is 14.3. The quantitative estimate of drug-likeness (QED) is 0.0808. The first-order valence-electron chi connectivity index (χ1n) is 30.6. The number of fused-ring (bicyclic) bond motifs is 4. The van der Waals surface area contributed by atoms with Crippen LogP contribution in [0.25, 0.3) is 43.1 Å². The summed E-state index contributed by atoms with van der Waals surface area (Å²) in [5.74, 6) is 48.2. The average Bonchev–Trinajstić information content (AvgIpc) is 1.77. The van der Waals surface area contributed by atoms with Crippen molar-refractivity contribution in [1.82, 2.24) is 0 Å². The smallest absolute Gasteiger partial charge is 0.0511 e. The highest BCUT2D eigenvalue weighted by molar-refractivity contribution is 6.11. The van der Waals surface area contributed by atoms with E-state index in [1.54, 1.807) is 0 Å². The summed E-state index contributed by atoms with van der Waals surface area (Å²) >= 11 is 0. The zero-order valence-corrected chi connectivity index (χ0v) is 57.4. The first-order chi connectivity index (χ1) is 40.7. The van der Waals surface area contributed by atoms with Crippen molar-refractivity contribution in [3.8, 4) is 95.7 Å². The van der Waals surface area contributed by atoms with Gasteiger partial charge in [-0.1, -0.05) is 345 Å². The van der Waals surface area contributed by atoms with Gasteiger partial charge in [-0.15, -0.1) is 12.8 Å². The predicted molar refractivity (Wildman–Crippen MR) is 381 cm³/mol. The van der Waals surface area contributed by atoms with Crippen LogP contribution < -0.4 is 0 Å². The van der Waals surface area contributed by atoms with Gasteiger partial charge in [0, 0.05) is 76.7 Å². The third-order valence-electron chi connectivity index (χ3n) is 14.8. The summed E-state index contributed by atoms with van der Waals surface area (Å²) < 4.78 is 0. The topological polar surface area (TPSA) is 0 Å². The van der Waals surface area contributed by atoms with Crippen LogP contribution in [-0.2, 0) is 0 Å². The van der Waals surface area contributed by atoms with Crippen molar-refractivity contribution in [2.75, 3.05) is 0 Å². The van der Waals surface area contributed by atoms with Crippen LogP contribution in [0, 0.1) is 139 Å². The molecule has 0 aromatic heterocycles. The molecule has 88 heavy (non-hydrogen) atoms. The zero-order chi connectivity index (χ0) is 65.6. The summed E-state index contributed by atoms with van der Waals surface area (Å²) in [6, 6.07) is 33.7. The molecule has 0 unspecified atom stereocenters. The molecule has 0 heterocycles. The number of terminal acetylenes is 2. The SMILES string of the molecule is C#CC(=C=C(C#Cc1c2ccccc2c(C#CC(=C=C(C#CC#CC(=C=C(C#Cc2c3ccccc3c(C#CC(=C=C(C#C)C(C)(C)C)C(C)(C)C)c3ccccc23)C(C)(C)C)C(C)(C)C)C(C)(C)C)C(C)(C)C)c2ccccc12)C(C)(C)C)C(C)(C)C. The molecule has 6 rings (SSSR count). The molecule has 0 aliphatic rings. The van der Waals surface area contributed by atoms with Crippen LogP contribution in [0.3, 0.4) is 0 Å². The number of benzene rings is 6. The van der Waals surface area contributed by atoms with Gasteiger partial charge in [0.15, 0.2) is 0 Å². The molecule has 442 valence electrons. The Morgan fingerprint density at radius 2 is 0.375 bits per heavy atom. The van der Waals surface area contributed by atoms with E-state index in [0.29, 0.717) is 0 Å². The Balaban J connectivity index is 1.55. The standard InChI is InChI=1S/C88H90/c1-27-61(81(3,4)5)57-65(85(15,16)17)49-53-77-69-41-31-35-45-73(69)79(74-46-36-32-42-70(74)77)55-51-67(87(21,22)23)59-63(83(9,10)11)39-29-30-40-64(84(12,13)14)60-68(88(24,25)26)52-56-80-75-47-37-33-43-71(75)78(72-44-34-38-48-76(72)80)54-50-66(86(18,19)20)58-62(28-2)82(6,7)8/h1-2,31-38,41-48H,3-26H3. The minimum atomic E-state index is -0.366. The van der Waals surface area contributed by atoms with Gasteiger partial charge in [-0.3, -0.25) is 0 Å². The maximum absolute atomic E-state index is 6.04. The summed E-state index contributed by atoms with van der Waals surface area (Å²) in [6.45, 7) is 51.6. The second-order valence-electron chi connectivity index (χ2n) is 31.0. The van der Waals surface area contributed by atoms with E-state index in [1.165, 1.54) is 0 Å². The molecule has 0 nitrogen and oxygen atoms in total. The third-order valence-corrected chi connectivity index (χ3v) is 14.8. The van der Waals surface area contributed by atoms with Crippen LogP contribution in [0.5, 0.6) is 0 Å². The lowest BCUT2D eigenvalue weighted by atomic mass is 9.82. The maximum atomic E-state index is 6.04. The summed E-state index contributed by atoms with van der Waals surface area (Å²) in [7, 11) is 0. The van der Waals surface area contributed by atoms with E-state index in [2.05, 4.69) is 369 Å². The van der Waals surface area contributed by atoms with Crippen molar-refractivity contribution in [2.24, 2.45) is 43.3 Å². The normalized spacial score (nSPS) is 11.6. The van der Waals surface area contributed by atoms with Crippen molar-refractivity contribution < 1.29 is 0 Å². The molecule has 0 saturated heterocycles. The third kappa shape index (κ3) is 16.9. The van der Waals surface area contributed by atoms with E-state index in [-0.39, 0.29) is 43.3 Å². The highest BCUT2D eigenvalue weighted by Gasteiger charge is 2.25. The molecule has 0 fully saturated rings. The van der Waals surface area contributed by atoms with E-state index in [9.17, 15) is 0 Å². The second kappa shape index (κ2) is 26.1. The van der Waals surface area contributed by atoms with Gasteiger partial charge >= 0.3 is 0 Å². The first-order valence-corrected chi connectivity index (χ1v) is 30.6. The molecule has 6 aromatic rings. The van der Waals surface area contributed by atoms with Crippen LogP contribution in [-0.4, -0.2) is 0 Å². The Kier molecular flexibility index (Phi) is 20.2. The Hall–Kier alpha value is -9.08. The van der Waals surface area contributed by atoms with Crippen molar-refractivity contribution in [3.63, 3.8) is 0 Å². The largest absolute Gasteiger partial charge is 0.114 e. The molecule has 0 atom stereocenters. The molecule has 0 aliphatic heterocycles. The molecule has 0 saturated carbocycles. The van der Waals surface area contributed by atoms with Crippen LogP contribution in [0.2, 0.25) is 0 Å². The predicted octanol–water partition coefficient (Wildman–Crippen LogP) is 21.9. The molecule has 0 aliphatic carbocycles. The highest BCUT2D eigenvalue weighted by Crippen LogP contribution is 2.38. The fourth-order valence-electron chi connectivity index (χ4n) is 9.30. The molecule has 0 radical (unpaired) electrons. The Morgan fingerprint density at radius 3 is 0.523 bits per heavy atom. The van der Waals surface area contributed by atoms with Crippen molar-refractivity contribution in [3.05, 3.63) is 187 Å². The van der Waals surface area contributed by atoms with Gasteiger partial charge in [0.25, 0.3) is 0 Å². The Bertz CT molecular complexity index is 4190. The van der Waals surface area contributed by atoms with E-state index >= 15 is 0 Å². The molecule has 0 spiro atoms. The van der Waals surface area contributed by atoms with Gasteiger partial charge in [0.05, 0.1) is 33.4 Å². The van der Waals surface area contributed by atoms with E-state index in [4.69, 9.17) is 12.8 Å². The second-order valence-corrected chi connectivity index (χ2v) is 31.0. The van der Waals surface area contributed by atoms with E-state index in [0.717, 1.165) is 110 Å². The van der Waals surface area contributed by atoms with Gasteiger partial charge in [-0.25, -0.2) is 0 Å². The minimum Gasteiger partial charge on any atom is -0.114 e. The minimum absolute atomic E-state index is 0.242. The summed E-state index contributed by atoms with van der Waals surface area (Å²) in [5, 5.41) is 8.24. The molecule has 0 bridgehead atoms. The molecular formula is C88H90. The maximum Gasteiger partial charge on any atom is 0.0511 e. The van der Waals surface area contributed by atoms with Gasteiger partial charge < -0.3 is 0 Å². The van der Waals surface area contributed by atoms with Gasteiger partial charge in [0.1, 0.15) is 0 Å². The Morgan fingerprint density at radius 1 is 0.227 bits per heavy atom. The number of rotatable bonds is 0. The summed E-state index contributed by atoms with van der Waals surface area (Å²) in [6.07, 6.45) is 12.1. The van der Waals surface area contributed by atoms with Gasteiger partial charge in [-0.05, 0) is 66.8 Å². The molecule has 6 aromatic carbocycles. The van der Waals surface area contributed by atoms with Crippen LogP contribution >= 0.6 is 0 Å². The Labute approximate surface area is 532 Å². The van der Waals surface area contributed by atoms with Crippen LogP contribution in [0.15, 0.2) is 165 Å². The number of hydrogen-bond donors (Lipinski definition) is 0. The lowest BCUT2D eigenvalue weighted by Gasteiger charge is -2.20. The van der Waals surface area contributed by atoms with E-state index in [1.807, 2.05) is 0 Å². The number of hydrogen-bond acceptors (Lipinski definition) is 0. The fraction of sp³-hybridized carbons (Fsp3) is 0.364. The van der Waals surface area contributed by atoms with Gasteiger partial charge in [0.2, 0.25) is 0 Å². The van der Waals surface area contributed by atoms with E-state index < -0.39 is 0 Å². The summed E-state index contributed by atoms with van der Waals surface area (Å²) in [4.78, 5) is 0. The lowest BCUT2D eigenvalue weighted by molar-refractivity contribution is 0.508. The zero-order valence-electron chi connectivity index (χ0n) is 57.4. The number of allylic oxidation sites excluding steroid dienone is 4. The van der Waals surface area contributed by atoms with Crippen molar-refractivity contribution in [1.29, 1.82) is 0 Å². The first kappa shape index (κ1) is 68.0.